The molecular formula is C15H16ClN. The molecule has 0 heterocycles. The molecule has 2 rings (SSSR count). The minimum atomic E-state index is 0.778. The molecule has 0 bridgehead atoms. The average molecular weight is 246 g/mol. The Labute approximate surface area is 107 Å². The van der Waals surface area contributed by atoms with Crippen molar-refractivity contribution in [2.75, 3.05) is 13.6 Å². The average Bonchev–Trinajstić information content (AvgIpc) is 2.37. The Balaban J connectivity index is 2.23. The lowest BCUT2D eigenvalue weighted by molar-refractivity contribution is 0.792. The first-order chi connectivity index (χ1) is 8.29. The molecule has 0 fully saturated rings. The van der Waals surface area contributed by atoms with Crippen molar-refractivity contribution in [3.8, 4) is 11.1 Å². The maximum Gasteiger partial charge on any atom is 0.0406 e. The van der Waals surface area contributed by atoms with Crippen molar-refractivity contribution in [2.45, 2.75) is 6.42 Å². The van der Waals surface area contributed by atoms with Crippen molar-refractivity contribution >= 4 is 11.6 Å². The Hall–Kier alpha value is -1.31. The first-order valence-corrected chi connectivity index (χ1v) is 6.17. The van der Waals surface area contributed by atoms with Crippen LogP contribution >= 0.6 is 11.6 Å². The lowest BCUT2D eigenvalue weighted by Gasteiger charge is -2.05. The molecule has 1 nitrogen and oxygen atoms in total. The van der Waals surface area contributed by atoms with Crippen molar-refractivity contribution in [1.29, 1.82) is 0 Å². The zero-order valence-corrected chi connectivity index (χ0v) is 10.7. The molecule has 0 aliphatic rings. The minimum absolute atomic E-state index is 0.778. The molecule has 0 saturated heterocycles. The van der Waals surface area contributed by atoms with Crippen LogP contribution in [0.5, 0.6) is 0 Å². The fourth-order valence-electron chi connectivity index (χ4n) is 1.82. The summed E-state index contributed by atoms with van der Waals surface area (Å²) < 4.78 is 0. The zero-order valence-electron chi connectivity index (χ0n) is 9.91. The Morgan fingerprint density at radius 2 is 1.76 bits per heavy atom. The van der Waals surface area contributed by atoms with Crippen LogP contribution in [0.2, 0.25) is 5.02 Å². The van der Waals surface area contributed by atoms with E-state index in [1.807, 2.05) is 19.2 Å². The summed E-state index contributed by atoms with van der Waals surface area (Å²) in [5, 5.41) is 3.94. The Kier molecular flexibility index (Phi) is 4.18. The van der Waals surface area contributed by atoms with E-state index in [4.69, 9.17) is 11.6 Å². The maximum atomic E-state index is 5.89. The molecular weight excluding hydrogens is 230 g/mol. The second kappa shape index (κ2) is 5.85. The summed E-state index contributed by atoms with van der Waals surface area (Å²) in [6.45, 7) is 1.00. The largest absolute Gasteiger partial charge is 0.319 e. The first-order valence-electron chi connectivity index (χ1n) is 5.79. The summed E-state index contributed by atoms with van der Waals surface area (Å²) in [5.74, 6) is 0. The van der Waals surface area contributed by atoms with Crippen LogP contribution in [0.25, 0.3) is 11.1 Å². The summed E-state index contributed by atoms with van der Waals surface area (Å²) in [5.41, 5.74) is 3.81. The van der Waals surface area contributed by atoms with Crippen LogP contribution in [0.3, 0.4) is 0 Å². The van der Waals surface area contributed by atoms with Gasteiger partial charge in [0.2, 0.25) is 0 Å². The van der Waals surface area contributed by atoms with Crippen molar-refractivity contribution < 1.29 is 0 Å². The molecule has 0 aliphatic heterocycles. The van der Waals surface area contributed by atoms with Gasteiger partial charge in [0.15, 0.2) is 0 Å². The number of benzene rings is 2. The molecule has 0 spiro atoms. The number of rotatable bonds is 4. The van der Waals surface area contributed by atoms with Gasteiger partial charge in [0.1, 0.15) is 0 Å². The molecule has 0 aliphatic carbocycles. The number of halogens is 1. The lowest BCUT2D eigenvalue weighted by atomic mass is 10.0. The highest BCUT2D eigenvalue weighted by Crippen LogP contribution is 2.22. The SMILES string of the molecule is CNCCc1cccc(-c2ccc(Cl)cc2)c1. The third-order valence-corrected chi connectivity index (χ3v) is 3.02. The van der Waals surface area contributed by atoms with Gasteiger partial charge in [-0.05, 0) is 48.8 Å². The standard InChI is InChI=1S/C15H16ClN/c1-17-10-9-12-3-2-4-14(11-12)13-5-7-15(16)8-6-13/h2-8,11,17H,9-10H2,1H3. The van der Waals surface area contributed by atoms with E-state index in [-0.39, 0.29) is 0 Å². The van der Waals surface area contributed by atoms with E-state index >= 15 is 0 Å². The van der Waals surface area contributed by atoms with Crippen molar-refractivity contribution in [3.05, 3.63) is 59.1 Å². The normalized spacial score (nSPS) is 10.5. The number of nitrogens with one attached hydrogen (secondary N) is 1. The van der Waals surface area contributed by atoms with E-state index in [9.17, 15) is 0 Å². The predicted octanol–water partition coefficient (Wildman–Crippen LogP) is 3.77. The highest BCUT2D eigenvalue weighted by molar-refractivity contribution is 6.30. The van der Waals surface area contributed by atoms with Crippen molar-refractivity contribution in [1.82, 2.24) is 5.32 Å². The van der Waals surface area contributed by atoms with Crippen LogP contribution < -0.4 is 5.32 Å². The van der Waals surface area contributed by atoms with Gasteiger partial charge < -0.3 is 5.32 Å². The van der Waals surface area contributed by atoms with Gasteiger partial charge in [-0.1, -0.05) is 48.0 Å². The van der Waals surface area contributed by atoms with Crippen molar-refractivity contribution in [3.63, 3.8) is 0 Å². The number of hydrogen-bond acceptors (Lipinski definition) is 1. The van der Waals surface area contributed by atoms with Crippen LogP contribution in [-0.2, 0) is 6.42 Å². The summed E-state index contributed by atoms with van der Waals surface area (Å²) in [6, 6.07) is 16.6. The summed E-state index contributed by atoms with van der Waals surface area (Å²) in [4.78, 5) is 0. The maximum absolute atomic E-state index is 5.89. The van der Waals surface area contributed by atoms with Crippen LogP contribution in [0.4, 0.5) is 0 Å². The smallest absolute Gasteiger partial charge is 0.0406 e. The second-order valence-corrected chi connectivity index (χ2v) is 4.50. The highest BCUT2D eigenvalue weighted by Gasteiger charge is 1.99. The van der Waals surface area contributed by atoms with Gasteiger partial charge in [-0.3, -0.25) is 0 Å². The number of likely N-dealkylation sites (N-methyl/N-ethyl adjacent to an activating group) is 1. The third kappa shape index (κ3) is 3.32. The topological polar surface area (TPSA) is 12.0 Å². The Morgan fingerprint density at radius 1 is 1.00 bits per heavy atom. The van der Waals surface area contributed by atoms with E-state index in [0.29, 0.717) is 0 Å². The molecule has 1 N–H and O–H groups in total. The monoisotopic (exact) mass is 245 g/mol. The van der Waals surface area contributed by atoms with Crippen molar-refractivity contribution in [2.24, 2.45) is 0 Å². The Morgan fingerprint density at radius 3 is 2.47 bits per heavy atom. The molecule has 0 radical (unpaired) electrons. The van der Waals surface area contributed by atoms with Gasteiger partial charge in [0.05, 0.1) is 0 Å². The molecule has 0 saturated carbocycles. The molecule has 0 aromatic heterocycles. The van der Waals surface area contributed by atoms with E-state index in [1.165, 1.54) is 16.7 Å². The van der Waals surface area contributed by atoms with Gasteiger partial charge in [-0.25, -0.2) is 0 Å². The molecule has 88 valence electrons. The zero-order chi connectivity index (χ0) is 12.1. The summed E-state index contributed by atoms with van der Waals surface area (Å²) in [6.07, 6.45) is 1.05. The molecule has 0 atom stereocenters. The van der Waals surface area contributed by atoms with Crippen LogP contribution in [-0.4, -0.2) is 13.6 Å². The van der Waals surface area contributed by atoms with E-state index < -0.39 is 0 Å². The molecule has 0 unspecified atom stereocenters. The van der Waals surface area contributed by atoms with Gasteiger partial charge in [-0.15, -0.1) is 0 Å². The fraction of sp³-hybridized carbons (Fsp3) is 0.200. The highest BCUT2D eigenvalue weighted by atomic mass is 35.5. The van der Waals surface area contributed by atoms with Gasteiger partial charge in [-0.2, -0.15) is 0 Å². The summed E-state index contributed by atoms with van der Waals surface area (Å²) in [7, 11) is 1.98. The van der Waals surface area contributed by atoms with E-state index in [1.54, 1.807) is 0 Å². The van der Waals surface area contributed by atoms with Gasteiger partial charge >= 0.3 is 0 Å². The molecule has 2 heteroatoms. The first kappa shape index (κ1) is 12.2. The quantitative estimate of drug-likeness (QED) is 0.865. The minimum Gasteiger partial charge on any atom is -0.319 e. The van der Waals surface area contributed by atoms with E-state index in [0.717, 1.165) is 18.0 Å². The predicted molar refractivity (Wildman–Crippen MR) is 74.5 cm³/mol. The van der Waals surface area contributed by atoms with E-state index in [2.05, 4.69) is 41.7 Å². The van der Waals surface area contributed by atoms with Crippen LogP contribution in [0.1, 0.15) is 5.56 Å². The summed E-state index contributed by atoms with van der Waals surface area (Å²) >= 11 is 5.89. The molecule has 2 aromatic rings. The van der Waals surface area contributed by atoms with Crippen LogP contribution in [0.15, 0.2) is 48.5 Å². The lowest BCUT2D eigenvalue weighted by Crippen LogP contribution is -2.10. The Bertz CT molecular complexity index is 477. The van der Waals surface area contributed by atoms with Crippen LogP contribution in [0, 0.1) is 0 Å². The number of hydrogen-bond donors (Lipinski definition) is 1. The second-order valence-electron chi connectivity index (χ2n) is 4.06. The molecule has 17 heavy (non-hydrogen) atoms. The molecule has 0 amide bonds. The third-order valence-electron chi connectivity index (χ3n) is 2.77. The fourth-order valence-corrected chi connectivity index (χ4v) is 1.94. The van der Waals surface area contributed by atoms with Gasteiger partial charge in [0.25, 0.3) is 0 Å². The molecule has 2 aromatic carbocycles. The van der Waals surface area contributed by atoms with Gasteiger partial charge in [0, 0.05) is 5.02 Å².